The maximum atomic E-state index is 10.9. The lowest BCUT2D eigenvalue weighted by Gasteiger charge is -2.22. The number of fused-ring (bicyclic) bond motifs is 3. The van der Waals surface area contributed by atoms with Crippen LogP contribution in [-0.2, 0) is 13.0 Å². The van der Waals surface area contributed by atoms with E-state index in [1.54, 1.807) is 4.52 Å². The van der Waals surface area contributed by atoms with Gasteiger partial charge in [-0.25, -0.2) is 14.3 Å². The minimum Gasteiger partial charge on any atom is -0.465 e. The molecule has 0 saturated heterocycles. The summed E-state index contributed by atoms with van der Waals surface area (Å²) in [6, 6.07) is 0. The molecule has 0 atom stereocenters. The second kappa shape index (κ2) is 3.18. The smallest absolute Gasteiger partial charge is 0.407 e. The molecular formula is C9H10N4O2S. The molecule has 0 bridgehead atoms. The van der Waals surface area contributed by atoms with Gasteiger partial charge in [-0.3, -0.25) is 0 Å². The SMILES string of the molecule is Cc1nn2c3c(nc2s1)CCN(C(=O)O)C3. The first-order valence-corrected chi connectivity index (χ1v) is 5.78. The third-order valence-electron chi connectivity index (χ3n) is 2.71. The molecule has 16 heavy (non-hydrogen) atoms. The molecule has 7 heteroatoms. The first-order chi connectivity index (χ1) is 7.65. The molecule has 2 aromatic heterocycles. The van der Waals surface area contributed by atoms with E-state index in [-0.39, 0.29) is 0 Å². The summed E-state index contributed by atoms with van der Waals surface area (Å²) in [5, 5.41) is 14.2. The summed E-state index contributed by atoms with van der Waals surface area (Å²) in [6.07, 6.45) is -0.205. The zero-order valence-corrected chi connectivity index (χ0v) is 9.49. The molecular weight excluding hydrogens is 228 g/mol. The summed E-state index contributed by atoms with van der Waals surface area (Å²) in [5.74, 6) is 0. The van der Waals surface area contributed by atoms with Crippen LogP contribution in [0.2, 0.25) is 0 Å². The van der Waals surface area contributed by atoms with Gasteiger partial charge in [0, 0.05) is 13.0 Å². The van der Waals surface area contributed by atoms with Crippen molar-refractivity contribution in [1.29, 1.82) is 0 Å². The summed E-state index contributed by atoms with van der Waals surface area (Å²) >= 11 is 1.53. The third-order valence-corrected chi connectivity index (χ3v) is 3.53. The molecule has 0 unspecified atom stereocenters. The number of rotatable bonds is 0. The van der Waals surface area contributed by atoms with Crippen LogP contribution < -0.4 is 0 Å². The summed E-state index contributed by atoms with van der Waals surface area (Å²) in [4.78, 5) is 17.6. The molecule has 0 aliphatic carbocycles. The van der Waals surface area contributed by atoms with Gasteiger partial charge in [-0.15, -0.1) is 0 Å². The number of carboxylic acid groups (broad SMARTS) is 1. The van der Waals surface area contributed by atoms with Crippen LogP contribution in [0.4, 0.5) is 4.79 Å². The predicted octanol–water partition coefficient (Wildman–Crippen LogP) is 1.14. The van der Waals surface area contributed by atoms with Gasteiger partial charge in [-0.2, -0.15) is 5.10 Å². The number of amides is 1. The van der Waals surface area contributed by atoms with Crippen LogP contribution in [0.25, 0.3) is 4.96 Å². The number of carbonyl (C=O) groups is 1. The lowest BCUT2D eigenvalue weighted by atomic mass is 10.1. The summed E-state index contributed by atoms with van der Waals surface area (Å²) < 4.78 is 1.77. The van der Waals surface area contributed by atoms with Gasteiger partial charge in [0.15, 0.2) is 0 Å². The molecule has 1 aliphatic rings. The van der Waals surface area contributed by atoms with Crippen LogP contribution >= 0.6 is 11.3 Å². The van der Waals surface area contributed by atoms with Crippen molar-refractivity contribution in [2.45, 2.75) is 19.9 Å². The van der Waals surface area contributed by atoms with Crippen molar-refractivity contribution < 1.29 is 9.90 Å². The van der Waals surface area contributed by atoms with Crippen molar-refractivity contribution >= 4 is 22.4 Å². The van der Waals surface area contributed by atoms with Gasteiger partial charge in [0.05, 0.1) is 17.9 Å². The van der Waals surface area contributed by atoms with Crippen LogP contribution in [0.1, 0.15) is 16.4 Å². The minimum atomic E-state index is -0.882. The van der Waals surface area contributed by atoms with Crippen molar-refractivity contribution in [3.05, 3.63) is 16.4 Å². The maximum absolute atomic E-state index is 10.9. The Morgan fingerprint density at radius 3 is 3.12 bits per heavy atom. The lowest BCUT2D eigenvalue weighted by molar-refractivity contribution is 0.138. The molecule has 84 valence electrons. The standard InChI is InChI=1S/C9H10N4O2S/c1-5-11-13-7-4-12(9(14)15)3-2-6(7)10-8(13)16-5/h2-4H2,1H3,(H,14,15). The van der Waals surface area contributed by atoms with Gasteiger partial charge in [0.2, 0.25) is 4.96 Å². The van der Waals surface area contributed by atoms with Gasteiger partial charge in [-0.05, 0) is 6.92 Å². The third kappa shape index (κ3) is 1.28. The number of hydrogen-bond donors (Lipinski definition) is 1. The zero-order valence-electron chi connectivity index (χ0n) is 8.67. The highest BCUT2D eigenvalue weighted by Crippen LogP contribution is 2.23. The maximum Gasteiger partial charge on any atom is 0.407 e. The Labute approximate surface area is 95.1 Å². The van der Waals surface area contributed by atoms with Crippen molar-refractivity contribution in [2.75, 3.05) is 6.54 Å². The number of nitrogens with zero attached hydrogens (tertiary/aromatic N) is 4. The molecule has 0 saturated carbocycles. The van der Waals surface area contributed by atoms with Crippen LogP contribution in [0.15, 0.2) is 0 Å². The zero-order chi connectivity index (χ0) is 11.3. The van der Waals surface area contributed by atoms with Crippen molar-refractivity contribution in [2.24, 2.45) is 0 Å². The molecule has 6 nitrogen and oxygen atoms in total. The van der Waals surface area contributed by atoms with Crippen molar-refractivity contribution in [3.63, 3.8) is 0 Å². The molecule has 1 amide bonds. The minimum absolute atomic E-state index is 0.384. The Morgan fingerprint density at radius 2 is 2.38 bits per heavy atom. The van der Waals surface area contributed by atoms with E-state index in [1.807, 2.05) is 6.92 Å². The Hall–Kier alpha value is -1.63. The van der Waals surface area contributed by atoms with Gasteiger partial charge in [-0.1, -0.05) is 11.3 Å². The molecule has 3 heterocycles. The van der Waals surface area contributed by atoms with E-state index in [9.17, 15) is 4.79 Å². The lowest BCUT2D eigenvalue weighted by Crippen LogP contribution is -2.35. The number of imidazole rings is 1. The molecule has 1 N–H and O–H groups in total. The van der Waals surface area contributed by atoms with Crippen LogP contribution in [0.3, 0.4) is 0 Å². The quantitative estimate of drug-likeness (QED) is 0.747. The van der Waals surface area contributed by atoms with Crippen molar-refractivity contribution in [1.82, 2.24) is 19.5 Å². The largest absolute Gasteiger partial charge is 0.465 e. The number of hydrogen-bond acceptors (Lipinski definition) is 4. The normalized spacial score (nSPS) is 15.4. The first kappa shape index (κ1) is 9.59. The fraction of sp³-hybridized carbons (Fsp3) is 0.444. The van der Waals surface area contributed by atoms with E-state index >= 15 is 0 Å². The van der Waals surface area contributed by atoms with E-state index in [2.05, 4.69) is 10.1 Å². The predicted molar refractivity (Wildman–Crippen MR) is 57.7 cm³/mol. The Balaban J connectivity index is 2.09. The second-order valence-corrected chi connectivity index (χ2v) is 4.93. The van der Waals surface area contributed by atoms with Crippen LogP contribution in [0.5, 0.6) is 0 Å². The first-order valence-electron chi connectivity index (χ1n) is 4.97. The molecule has 0 fully saturated rings. The molecule has 0 aromatic carbocycles. The van der Waals surface area contributed by atoms with Crippen LogP contribution in [-0.4, -0.2) is 37.2 Å². The van der Waals surface area contributed by atoms with E-state index in [0.29, 0.717) is 19.5 Å². The Kier molecular flexibility index (Phi) is 1.90. The second-order valence-electron chi connectivity index (χ2n) is 3.77. The molecule has 0 spiro atoms. The molecule has 2 aromatic rings. The van der Waals surface area contributed by atoms with E-state index in [0.717, 1.165) is 21.4 Å². The highest BCUT2D eigenvalue weighted by Gasteiger charge is 2.25. The van der Waals surface area contributed by atoms with Gasteiger partial charge < -0.3 is 10.0 Å². The fourth-order valence-electron chi connectivity index (χ4n) is 1.95. The average molecular weight is 238 g/mol. The Morgan fingerprint density at radius 1 is 1.56 bits per heavy atom. The fourth-order valence-corrected chi connectivity index (χ4v) is 2.73. The summed E-state index contributed by atoms with van der Waals surface area (Å²) in [5.41, 5.74) is 1.89. The monoisotopic (exact) mass is 238 g/mol. The summed E-state index contributed by atoms with van der Waals surface area (Å²) in [7, 11) is 0. The number of aromatic nitrogens is 3. The van der Waals surface area contributed by atoms with Crippen molar-refractivity contribution in [3.8, 4) is 0 Å². The average Bonchev–Trinajstić information content (AvgIpc) is 2.72. The highest BCUT2D eigenvalue weighted by atomic mass is 32.1. The van der Waals surface area contributed by atoms with Gasteiger partial charge in [0.1, 0.15) is 5.01 Å². The summed E-state index contributed by atoms with van der Waals surface area (Å²) in [6.45, 7) is 2.82. The van der Waals surface area contributed by atoms with E-state index in [1.165, 1.54) is 16.2 Å². The van der Waals surface area contributed by atoms with Gasteiger partial charge >= 0.3 is 6.09 Å². The topological polar surface area (TPSA) is 70.7 Å². The van der Waals surface area contributed by atoms with E-state index in [4.69, 9.17) is 5.11 Å². The Bertz CT molecular complexity index is 573. The van der Waals surface area contributed by atoms with Crippen LogP contribution in [0, 0.1) is 6.92 Å². The molecule has 3 rings (SSSR count). The molecule has 0 radical (unpaired) electrons. The van der Waals surface area contributed by atoms with E-state index < -0.39 is 6.09 Å². The molecule has 1 aliphatic heterocycles. The number of aryl methyl sites for hydroxylation is 1. The highest BCUT2D eigenvalue weighted by molar-refractivity contribution is 7.16. The van der Waals surface area contributed by atoms with Gasteiger partial charge in [0.25, 0.3) is 0 Å².